The molecule has 222 valence electrons. The number of halogens is 6. The molecule has 0 fully saturated rings. The summed E-state index contributed by atoms with van der Waals surface area (Å²) in [5, 5.41) is 17.6. The first-order chi connectivity index (χ1) is 19.2. The summed E-state index contributed by atoms with van der Waals surface area (Å²) in [6.07, 6.45) is -7.01. The molecule has 0 saturated carbocycles. The van der Waals surface area contributed by atoms with Crippen LogP contribution in [0.3, 0.4) is 0 Å². The zero-order chi connectivity index (χ0) is 29.9. The van der Waals surface area contributed by atoms with Crippen LogP contribution in [0.5, 0.6) is 0 Å². The molecule has 2 aromatic heterocycles. The van der Waals surface area contributed by atoms with Crippen molar-refractivity contribution in [2.24, 2.45) is 13.0 Å². The summed E-state index contributed by atoms with van der Waals surface area (Å²) in [6, 6.07) is 5.83. The minimum atomic E-state index is -5.11. The highest BCUT2D eigenvalue weighted by Gasteiger charge is 2.45. The Balaban J connectivity index is 1.48. The number of aryl methyl sites for hydroxylation is 1. The molecule has 15 heteroatoms. The Kier molecular flexibility index (Phi) is 7.57. The molecule has 2 aliphatic rings. The van der Waals surface area contributed by atoms with E-state index in [0.717, 1.165) is 29.5 Å². The van der Waals surface area contributed by atoms with E-state index in [2.05, 4.69) is 10.2 Å². The maximum absolute atomic E-state index is 13.6. The summed E-state index contributed by atoms with van der Waals surface area (Å²) in [7, 11) is -3.88. The van der Waals surface area contributed by atoms with Crippen LogP contribution >= 0.6 is 0 Å². The van der Waals surface area contributed by atoms with Gasteiger partial charge in [0.1, 0.15) is 16.8 Å². The molecule has 3 atom stereocenters. The third kappa shape index (κ3) is 5.42. The van der Waals surface area contributed by atoms with Crippen LogP contribution in [0.2, 0.25) is 0 Å². The van der Waals surface area contributed by atoms with Gasteiger partial charge in [-0.2, -0.15) is 27.7 Å². The molecule has 0 bridgehead atoms. The van der Waals surface area contributed by atoms with Crippen molar-refractivity contribution < 1.29 is 39.9 Å². The number of aliphatic hydroxyl groups is 1. The SMILES string of the molecule is C[C@@H]1C2=C(CC[C@@H]2CN(CC(O)C(F)F)S(=O)(=O)c2cn(C)nc2C(F)(F)F)Cc2c1cnn2-c1ccc(F)cc1. The molecule has 8 nitrogen and oxygen atoms in total. The molecule has 1 aromatic carbocycles. The zero-order valence-electron chi connectivity index (χ0n) is 22.0. The van der Waals surface area contributed by atoms with Crippen LogP contribution < -0.4 is 0 Å². The average molecular weight is 604 g/mol. The van der Waals surface area contributed by atoms with Gasteiger partial charge in [-0.3, -0.25) is 4.68 Å². The van der Waals surface area contributed by atoms with Crippen molar-refractivity contribution in [2.45, 2.75) is 55.7 Å². The monoisotopic (exact) mass is 603 g/mol. The number of aromatic nitrogens is 4. The molecule has 2 aliphatic carbocycles. The van der Waals surface area contributed by atoms with Crippen LogP contribution in [0.4, 0.5) is 26.3 Å². The van der Waals surface area contributed by atoms with Gasteiger partial charge < -0.3 is 5.11 Å². The van der Waals surface area contributed by atoms with Gasteiger partial charge >= 0.3 is 6.18 Å². The second kappa shape index (κ2) is 10.6. The molecule has 0 amide bonds. The van der Waals surface area contributed by atoms with Gasteiger partial charge in [0, 0.05) is 44.2 Å². The number of rotatable bonds is 8. The molecule has 0 aliphatic heterocycles. The summed E-state index contributed by atoms with van der Waals surface area (Å²) >= 11 is 0. The van der Waals surface area contributed by atoms with E-state index < -0.39 is 64.1 Å². The molecule has 5 rings (SSSR count). The maximum atomic E-state index is 13.6. The molecular weight excluding hydrogens is 576 g/mol. The summed E-state index contributed by atoms with van der Waals surface area (Å²) in [5.41, 5.74) is 2.62. The van der Waals surface area contributed by atoms with Gasteiger partial charge in [0.25, 0.3) is 6.43 Å². The van der Waals surface area contributed by atoms with Crippen LogP contribution in [0.15, 0.2) is 52.7 Å². The topological polar surface area (TPSA) is 93.2 Å². The third-order valence-corrected chi connectivity index (χ3v) is 9.55. The van der Waals surface area contributed by atoms with Gasteiger partial charge in [0.2, 0.25) is 10.0 Å². The Morgan fingerprint density at radius 3 is 2.51 bits per heavy atom. The van der Waals surface area contributed by atoms with Crippen LogP contribution in [0, 0.1) is 11.7 Å². The molecular formula is C26H27F6N5O3S. The van der Waals surface area contributed by atoms with Gasteiger partial charge in [0.15, 0.2) is 5.69 Å². The summed E-state index contributed by atoms with van der Waals surface area (Å²) in [5.74, 6) is -1.13. The fourth-order valence-electron chi connectivity index (χ4n) is 5.87. The first kappa shape index (κ1) is 29.3. The van der Waals surface area contributed by atoms with Gasteiger partial charge in [-0.1, -0.05) is 18.1 Å². The van der Waals surface area contributed by atoms with E-state index in [4.69, 9.17) is 0 Å². The lowest BCUT2D eigenvalue weighted by Gasteiger charge is -2.31. The lowest BCUT2D eigenvalue weighted by atomic mass is 9.80. The predicted molar refractivity (Wildman–Crippen MR) is 134 cm³/mol. The number of sulfonamides is 1. The maximum Gasteiger partial charge on any atom is 0.436 e. The number of hydrogen-bond acceptors (Lipinski definition) is 5. The van der Waals surface area contributed by atoms with Crippen LogP contribution in [0.1, 0.15) is 42.6 Å². The van der Waals surface area contributed by atoms with Crippen LogP contribution in [-0.4, -0.2) is 63.0 Å². The van der Waals surface area contributed by atoms with Crippen molar-refractivity contribution in [2.75, 3.05) is 13.1 Å². The first-order valence-corrected chi connectivity index (χ1v) is 14.2. The van der Waals surface area contributed by atoms with Gasteiger partial charge in [-0.25, -0.2) is 26.3 Å². The quantitative estimate of drug-likeness (QED) is 0.304. The van der Waals surface area contributed by atoms with Crippen LogP contribution in [0.25, 0.3) is 5.69 Å². The lowest BCUT2D eigenvalue weighted by Crippen LogP contribution is -2.43. The van der Waals surface area contributed by atoms with E-state index in [1.807, 2.05) is 6.92 Å². The highest BCUT2D eigenvalue weighted by molar-refractivity contribution is 7.89. The molecule has 1 N–H and O–H groups in total. The normalized spacial score (nSPS) is 20.2. The highest BCUT2D eigenvalue weighted by Crippen LogP contribution is 2.48. The number of nitrogens with zero attached hydrogens (tertiary/aromatic N) is 5. The largest absolute Gasteiger partial charge is 0.436 e. The van der Waals surface area contributed by atoms with E-state index in [1.165, 1.54) is 12.1 Å². The lowest BCUT2D eigenvalue weighted by molar-refractivity contribution is -0.143. The standard InChI is InChI=1S/C26H27F6N5O3S/c1-14-19-10-33-37(18-7-5-17(27)6-8-18)20(19)9-15-3-4-16(23(14)15)11-36(12-21(38)25(28)29)41(39,40)22-13-35(2)34-24(22)26(30,31)32/h5-8,10,13-14,16,21,25,38H,3-4,9,11-12H2,1-2H3/t14-,16+,21?/m0/s1. The molecule has 0 spiro atoms. The van der Waals surface area contributed by atoms with E-state index >= 15 is 0 Å². The van der Waals surface area contributed by atoms with Crippen molar-refractivity contribution in [3.8, 4) is 5.69 Å². The van der Waals surface area contributed by atoms with Crippen molar-refractivity contribution in [1.82, 2.24) is 23.9 Å². The molecule has 2 heterocycles. The molecule has 0 saturated heterocycles. The van der Waals surface area contributed by atoms with Gasteiger partial charge in [-0.15, -0.1) is 0 Å². The van der Waals surface area contributed by atoms with Gasteiger partial charge in [0.05, 0.1) is 17.6 Å². The van der Waals surface area contributed by atoms with E-state index in [0.29, 0.717) is 40.1 Å². The number of hydrogen-bond donors (Lipinski definition) is 1. The van der Waals surface area contributed by atoms with Crippen molar-refractivity contribution in [1.29, 1.82) is 0 Å². The summed E-state index contributed by atoms with van der Waals surface area (Å²) in [4.78, 5) is -1.17. The predicted octanol–water partition coefficient (Wildman–Crippen LogP) is 4.45. The van der Waals surface area contributed by atoms with Crippen molar-refractivity contribution in [3.05, 3.63) is 70.6 Å². The number of allylic oxidation sites excluding steroid dienone is 1. The number of fused-ring (bicyclic) bond motifs is 1. The smallest absolute Gasteiger partial charge is 0.386 e. The summed E-state index contributed by atoms with van der Waals surface area (Å²) < 4.78 is 111. The average Bonchev–Trinajstić information content (AvgIpc) is 3.61. The Bertz CT molecular complexity index is 1580. The molecule has 1 unspecified atom stereocenters. The minimum Gasteiger partial charge on any atom is -0.386 e. The van der Waals surface area contributed by atoms with Crippen molar-refractivity contribution >= 4 is 10.0 Å². The molecule has 0 radical (unpaired) electrons. The third-order valence-electron chi connectivity index (χ3n) is 7.72. The van der Waals surface area contributed by atoms with Crippen molar-refractivity contribution in [3.63, 3.8) is 0 Å². The Hall–Kier alpha value is -3.17. The number of alkyl halides is 5. The van der Waals surface area contributed by atoms with Crippen LogP contribution in [-0.2, 0) is 29.7 Å². The van der Waals surface area contributed by atoms with E-state index in [-0.39, 0.29) is 5.92 Å². The first-order valence-electron chi connectivity index (χ1n) is 12.8. The Labute approximate surface area is 231 Å². The minimum absolute atomic E-state index is 0.246. The molecule has 41 heavy (non-hydrogen) atoms. The second-order valence-corrected chi connectivity index (χ2v) is 12.3. The molecule has 3 aromatic rings. The van der Waals surface area contributed by atoms with E-state index in [1.54, 1.807) is 23.0 Å². The van der Waals surface area contributed by atoms with Gasteiger partial charge in [-0.05, 0) is 43.0 Å². The highest BCUT2D eigenvalue weighted by atomic mass is 32.2. The number of aliphatic hydroxyl groups excluding tert-OH is 1. The Morgan fingerprint density at radius 1 is 1.20 bits per heavy atom. The van der Waals surface area contributed by atoms with E-state index in [9.17, 15) is 39.9 Å². The number of benzene rings is 1. The summed E-state index contributed by atoms with van der Waals surface area (Å²) in [6.45, 7) is 0.411. The Morgan fingerprint density at radius 2 is 1.88 bits per heavy atom. The fraction of sp³-hybridized carbons (Fsp3) is 0.462. The second-order valence-electron chi connectivity index (χ2n) is 10.4. The zero-order valence-corrected chi connectivity index (χ0v) is 22.8. The fourth-order valence-corrected chi connectivity index (χ4v) is 7.56.